The van der Waals surface area contributed by atoms with Crippen LogP contribution in [0.15, 0.2) is 22.7 Å². The van der Waals surface area contributed by atoms with Crippen molar-refractivity contribution in [2.24, 2.45) is 0 Å². The maximum Gasteiger partial charge on any atom is 0.407 e. The zero-order valence-corrected chi connectivity index (χ0v) is 15.5. The Morgan fingerprint density at radius 2 is 2.18 bits per heavy atom. The van der Waals surface area contributed by atoms with Crippen LogP contribution in [0.1, 0.15) is 32.8 Å². The minimum atomic E-state index is -0.463. The molecule has 0 aliphatic carbocycles. The van der Waals surface area contributed by atoms with E-state index in [1.54, 1.807) is 0 Å². The summed E-state index contributed by atoms with van der Waals surface area (Å²) in [6.45, 7) is 8.19. The van der Waals surface area contributed by atoms with Crippen molar-refractivity contribution in [2.75, 3.05) is 13.1 Å². The first-order valence-electron chi connectivity index (χ1n) is 7.38. The zero-order valence-electron chi connectivity index (χ0n) is 13.2. The molecule has 1 aliphatic heterocycles. The molecule has 22 heavy (non-hydrogen) atoms. The van der Waals surface area contributed by atoms with Gasteiger partial charge in [0.2, 0.25) is 0 Å². The lowest BCUT2D eigenvalue weighted by Crippen LogP contribution is -2.40. The average molecular weight is 390 g/mol. The maximum atomic E-state index is 11.8. The van der Waals surface area contributed by atoms with Gasteiger partial charge in [-0.25, -0.2) is 4.79 Å². The second-order valence-corrected chi connectivity index (χ2v) is 8.00. The number of halogens is 2. The number of rotatable bonds is 3. The summed E-state index contributed by atoms with van der Waals surface area (Å²) in [6, 6.07) is 6.06. The highest BCUT2D eigenvalue weighted by Crippen LogP contribution is 2.22. The van der Waals surface area contributed by atoms with Crippen LogP contribution < -0.4 is 5.32 Å². The Bertz CT molecular complexity index is 525. The van der Waals surface area contributed by atoms with Crippen molar-refractivity contribution in [1.82, 2.24) is 10.2 Å². The molecule has 0 spiro atoms. The van der Waals surface area contributed by atoms with Gasteiger partial charge in [-0.05, 0) is 51.0 Å². The molecule has 0 bridgehead atoms. The molecule has 122 valence electrons. The van der Waals surface area contributed by atoms with Crippen LogP contribution in [0, 0.1) is 0 Å². The second-order valence-electron chi connectivity index (χ2n) is 6.64. The Morgan fingerprint density at radius 1 is 1.45 bits per heavy atom. The Hall–Kier alpha value is -0.780. The number of benzene rings is 1. The predicted molar refractivity (Wildman–Crippen MR) is 92.2 cm³/mol. The summed E-state index contributed by atoms with van der Waals surface area (Å²) < 4.78 is 6.28. The molecule has 1 aromatic carbocycles. The highest BCUT2D eigenvalue weighted by molar-refractivity contribution is 9.10. The summed E-state index contributed by atoms with van der Waals surface area (Å²) in [7, 11) is 0. The summed E-state index contributed by atoms with van der Waals surface area (Å²) in [5.74, 6) is 0. The predicted octanol–water partition coefficient (Wildman–Crippen LogP) is 4.20. The van der Waals surface area contributed by atoms with Gasteiger partial charge in [-0.1, -0.05) is 27.5 Å². The van der Waals surface area contributed by atoms with Crippen LogP contribution in [0.5, 0.6) is 0 Å². The standard InChI is InChI=1S/C16H22BrClN2O2/c1-16(2,3)22-15(21)19-14-4-5-20(10-14)9-11-6-12(17)8-13(18)7-11/h6-8,14H,4-5,9-10H2,1-3H3,(H,19,21). The normalized spacial score (nSPS) is 19.2. The molecule has 1 aromatic rings. The Labute approximate surface area is 145 Å². The Kier molecular flexibility index (Phi) is 5.75. The molecule has 1 heterocycles. The molecular weight excluding hydrogens is 368 g/mol. The van der Waals surface area contributed by atoms with Crippen LogP contribution in [0.4, 0.5) is 4.79 Å². The van der Waals surface area contributed by atoms with E-state index in [2.05, 4.69) is 32.2 Å². The number of nitrogens with one attached hydrogen (secondary N) is 1. The SMILES string of the molecule is CC(C)(C)OC(=O)NC1CCN(Cc2cc(Cl)cc(Br)c2)C1. The molecular formula is C16H22BrClN2O2. The molecule has 2 rings (SSSR count). The number of likely N-dealkylation sites (tertiary alicyclic amines) is 1. The second kappa shape index (κ2) is 7.20. The highest BCUT2D eigenvalue weighted by atomic mass is 79.9. The number of alkyl carbamates (subject to hydrolysis) is 1. The van der Waals surface area contributed by atoms with E-state index in [0.717, 1.165) is 41.1 Å². The summed E-state index contributed by atoms with van der Waals surface area (Å²) >= 11 is 9.53. The average Bonchev–Trinajstić information content (AvgIpc) is 2.71. The van der Waals surface area contributed by atoms with Crippen molar-refractivity contribution < 1.29 is 9.53 Å². The van der Waals surface area contributed by atoms with Crippen LogP contribution in [-0.2, 0) is 11.3 Å². The van der Waals surface area contributed by atoms with Gasteiger partial charge < -0.3 is 10.1 Å². The van der Waals surface area contributed by atoms with Gasteiger partial charge in [-0.3, -0.25) is 4.90 Å². The summed E-state index contributed by atoms with van der Waals surface area (Å²) in [4.78, 5) is 14.1. The Balaban J connectivity index is 1.84. The number of carbonyl (C=O) groups is 1. The quantitative estimate of drug-likeness (QED) is 0.842. The summed E-state index contributed by atoms with van der Waals surface area (Å²) in [5, 5.41) is 3.66. The third kappa shape index (κ3) is 5.78. The fourth-order valence-corrected chi connectivity index (χ4v) is 3.46. The molecule has 4 nitrogen and oxygen atoms in total. The fraction of sp³-hybridized carbons (Fsp3) is 0.562. The molecule has 1 fully saturated rings. The lowest BCUT2D eigenvalue weighted by molar-refractivity contribution is 0.0506. The van der Waals surface area contributed by atoms with Gasteiger partial charge in [0.1, 0.15) is 5.60 Å². The van der Waals surface area contributed by atoms with Crippen LogP contribution >= 0.6 is 27.5 Å². The van der Waals surface area contributed by atoms with Gasteiger partial charge in [0.15, 0.2) is 0 Å². The third-order valence-corrected chi connectivity index (χ3v) is 4.00. The van der Waals surface area contributed by atoms with E-state index in [-0.39, 0.29) is 12.1 Å². The number of hydrogen-bond acceptors (Lipinski definition) is 3. The number of ether oxygens (including phenoxy) is 1. The van der Waals surface area contributed by atoms with E-state index in [1.165, 1.54) is 0 Å². The molecule has 0 aromatic heterocycles. The molecule has 1 aliphatic rings. The number of amides is 1. The molecule has 6 heteroatoms. The van der Waals surface area contributed by atoms with Crippen LogP contribution in [0.3, 0.4) is 0 Å². The van der Waals surface area contributed by atoms with Gasteiger partial charge in [-0.2, -0.15) is 0 Å². The van der Waals surface area contributed by atoms with Gasteiger partial charge in [0, 0.05) is 35.2 Å². The van der Waals surface area contributed by atoms with E-state index in [9.17, 15) is 4.79 Å². The van der Waals surface area contributed by atoms with Gasteiger partial charge in [-0.15, -0.1) is 0 Å². The van der Waals surface area contributed by atoms with Crippen LogP contribution in [0.2, 0.25) is 5.02 Å². The molecule has 1 atom stereocenters. The first kappa shape index (κ1) is 17.6. The molecule has 1 N–H and O–H groups in total. The lowest BCUT2D eigenvalue weighted by atomic mass is 10.2. The first-order chi connectivity index (χ1) is 10.2. The summed E-state index contributed by atoms with van der Waals surface area (Å²) in [6.07, 6.45) is 0.589. The van der Waals surface area contributed by atoms with Gasteiger partial charge in [0.25, 0.3) is 0 Å². The van der Waals surface area contributed by atoms with Crippen LogP contribution in [0.25, 0.3) is 0 Å². The van der Waals surface area contributed by atoms with Crippen molar-refractivity contribution in [1.29, 1.82) is 0 Å². The molecule has 1 amide bonds. The number of hydrogen-bond donors (Lipinski definition) is 1. The van der Waals surface area contributed by atoms with Crippen molar-refractivity contribution in [2.45, 2.75) is 45.4 Å². The number of nitrogens with zero attached hydrogens (tertiary/aromatic N) is 1. The minimum absolute atomic E-state index is 0.137. The molecule has 1 unspecified atom stereocenters. The van der Waals surface area contributed by atoms with E-state index in [1.807, 2.05) is 32.9 Å². The fourth-order valence-electron chi connectivity index (χ4n) is 2.53. The van der Waals surface area contributed by atoms with Gasteiger partial charge in [0.05, 0.1) is 0 Å². The van der Waals surface area contributed by atoms with Crippen molar-refractivity contribution >= 4 is 33.6 Å². The van der Waals surface area contributed by atoms with Crippen molar-refractivity contribution in [3.63, 3.8) is 0 Å². The largest absolute Gasteiger partial charge is 0.444 e. The van der Waals surface area contributed by atoms with E-state index in [0.29, 0.717) is 0 Å². The topological polar surface area (TPSA) is 41.6 Å². The summed E-state index contributed by atoms with van der Waals surface area (Å²) in [5.41, 5.74) is 0.701. The van der Waals surface area contributed by atoms with E-state index < -0.39 is 5.60 Å². The monoisotopic (exact) mass is 388 g/mol. The van der Waals surface area contributed by atoms with Crippen molar-refractivity contribution in [3.05, 3.63) is 33.3 Å². The Morgan fingerprint density at radius 3 is 2.82 bits per heavy atom. The van der Waals surface area contributed by atoms with Crippen LogP contribution in [-0.4, -0.2) is 35.7 Å². The van der Waals surface area contributed by atoms with Gasteiger partial charge >= 0.3 is 6.09 Å². The third-order valence-electron chi connectivity index (χ3n) is 3.32. The molecule has 0 radical (unpaired) electrons. The molecule has 0 saturated carbocycles. The van der Waals surface area contributed by atoms with E-state index in [4.69, 9.17) is 16.3 Å². The van der Waals surface area contributed by atoms with Crippen molar-refractivity contribution in [3.8, 4) is 0 Å². The number of carbonyl (C=O) groups excluding carboxylic acids is 1. The smallest absolute Gasteiger partial charge is 0.407 e. The zero-order chi connectivity index (χ0) is 16.3. The highest BCUT2D eigenvalue weighted by Gasteiger charge is 2.26. The maximum absolute atomic E-state index is 11.8. The minimum Gasteiger partial charge on any atom is -0.444 e. The van der Waals surface area contributed by atoms with E-state index >= 15 is 0 Å². The lowest BCUT2D eigenvalue weighted by Gasteiger charge is -2.22. The first-order valence-corrected chi connectivity index (χ1v) is 8.55. The molecule has 1 saturated heterocycles.